The fourth-order valence-corrected chi connectivity index (χ4v) is 1.17. The van der Waals surface area contributed by atoms with Gasteiger partial charge in [0.2, 0.25) is 0 Å². The van der Waals surface area contributed by atoms with Crippen molar-refractivity contribution in [1.82, 2.24) is 0 Å². The van der Waals surface area contributed by atoms with Crippen LogP contribution in [0.2, 0.25) is 5.02 Å². The summed E-state index contributed by atoms with van der Waals surface area (Å²) in [4.78, 5) is 11.2. The summed E-state index contributed by atoms with van der Waals surface area (Å²) in [6.07, 6.45) is 0. The molecule has 0 bridgehead atoms. The van der Waals surface area contributed by atoms with E-state index in [9.17, 15) is 9.90 Å². The molecule has 4 nitrogen and oxygen atoms in total. The van der Waals surface area contributed by atoms with E-state index in [0.717, 1.165) is 0 Å². The second-order valence-corrected chi connectivity index (χ2v) is 2.90. The largest absolute Gasteiger partial charge is 0.505 e. The van der Waals surface area contributed by atoms with Gasteiger partial charge in [0.15, 0.2) is 0 Å². The number of esters is 1. The van der Waals surface area contributed by atoms with Gasteiger partial charge in [-0.25, -0.2) is 4.79 Å². The van der Waals surface area contributed by atoms with Gasteiger partial charge in [-0.2, -0.15) is 0 Å². The van der Waals surface area contributed by atoms with Crippen molar-refractivity contribution < 1.29 is 19.4 Å². The highest BCUT2D eigenvalue weighted by Crippen LogP contribution is 2.32. The molecule has 0 aliphatic rings. The van der Waals surface area contributed by atoms with Crippen LogP contribution >= 0.6 is 11.6 Å². The normalized spacial score (nSPS) is 9.64. The molecule has 0 amide bonds. The summed E-state index contributed by atoms with van der Waals surface area (Å²) in [6.45, 7) is 0. The number of aromatic hydroxyl groups is 1. The minimum atomic E-state index is -0.664. The lowest BCUT2D eigenvalue weighted by atomic mass is 10.2. The van der Waals surface area contributed by atoms with Crippen molar-refractivity contribution in [3.63, 3.8) is 0 Å². The topological polar surface area (TPSA) is 55.8 Å². The average molecular weight is 217 g/mol. The summed E-state index contributed by atoms with van der Waals surface area (Å²) in [6, 6.07) is 2.76. The Labute approximate surface area is 86.0 Å². The van der Waals surface area contributed by atoms with Crippen LogP contribution in [0.5, 0.6) is 11.5 Å². The van der Waals surface area contributed by atoms with Crippen molar-refractivity contribution in [2.24, 2.45) is 0 Å². The molecule has 1 aromatic rings. The molecule has 0 aromatic heterocycles. The summed E-state index contributed by atoms with van der Waals surface area (Å²) >= 11 is 5.66. The summed E-state index contributed by atoms with van der Waals surface area (Å²) < 4.78 is 9.34. The number of rotatable bonds is 2. The number of benzene rings is 1. The van der Waals surface area contributed by atoms with E-state index in [-0.39, 0.29) is 16.3 Å². The Bertz CT molecular complexity index is 362. The first-order chi connectivity index (χ1) is 6.60. The molecule has 0 saturated heterocycles. The monoisotopic (exact) mass is 216 g/mol. The number of phenols is 1. The number of hydrogen-bond acceptors (Lipinski definition) is 4. The molecule has 1 aromatic carbocycles. The summed E-state index contributed by atoms with van der Waals surface area (Å²) in [7, 11) is 2.65. The van der Waals surface area contributed by atoms with Crippen LogP contribution in [-0.4, -0.2) is 25.3 Å². The third-order valence-electron chi connectivity index (χ3n) is 1.68. The number of halogens is 1. The highest BCUT2D eigenvalue weighted by atomic mass is 35.5. The quantitative estimate of drug-likeness (QED) is 0.767. The third-order valence-corrected chi connectivity index (χ3v) is 1.97. The second-order valence-electron chi connectivity index (χ2n) is 2.50. The zero-order valence-corrected chi connectivity index (χ0v) is 8.46. The van der Waals surface area contributed by atoms with Crippen LogP contribution in [0.25, 0.3) is 0 Å². The number of ether oxygens (including phenoxy) is 2. The van der Waals surface area contributed by atoms with Crippen LogP contribution in [-0.2, 0) is 4.74 Å². The fraction of sp³-hybridized carbons (Fsp3) is 0.222. The maximum atomic E-state index is 11.2. The Morgan fingerprint density at radius 2 is 2.07 bits per heavy atom. The number of carbonyl (C=O) groups excluding carboxylic acids is 1. The standard InChI is InChI=1S/C9H9ClO4/c1-13-5-3-6(9(12)14-2)8(11)7(10)4-5/h3-4,11H,1-2H3. The van der Waals surface area contributed by atoms with Crippen LogP contribution in [0.1, 0.15) is 10.4 Å². The maximum absolute atomic E-state index is 11.2. The van der Waals surface area contributed by atoms with E-state index in [1.165, 1.54) is 26.4 Å². The molecule has 0 saturated carbocycles. The van der Waals surface area contributed by atoms with E-state index in [1.807, 2.05) is 0 Å². The van der Waals surface area contributed by atoms with Gasteiger partial charge >= 0.3 is 5.97 Å². The maximum Gasteiger partial charge on any atom is 0.341 e. The molecule has 1 rings (SSSR count). The fourth-order valence-electron chi connectivity index (χ4n) is 0.958. The van der Waals surface area contributed by atoms with Gasteiger partial charge < -0.3 is 14.6 Å². The first-order valence-corrected chi connectivity index (χ1v) is 4.12. The lowest BCUT2D eigenvalue weighted by Crippen LogP contribution is -2.02. The Hall–Kier alpha value is -1.42. The predicted octanol–water partition coefficient (Wildman–Crippen LogP) is 1.84. The smallest absolute Gasteiger partial charge is 0.341 e. The van der Waals surface area contributed by atoms with Crippen molar-refractivity contribution in [3.8, 4) is 11.5 Å². The average Bonchev–Trinajstić information content (AvgIpc) is 2.20. The Morgan fingerprint density at radius 1 is 1.43 bits per heavy atom. The molecule has 0 radical (unpaired) electrons. The van der Waals surface area contributed by atoms with Gasteiger partial charge in [0.1, 0.15) is 17.1 Å². The van der Waals surface area contributed by atoms with Gasteiger partial charge in [0.05, 0.1) is 19.2 Å². The number of carbonyl (C=O) groups is 1. The molecule has 0 spiro atoms. The van der Waals surface area contributed by atoms with E-state index >= 15 is 0 Å². The van der Waals surface area contributed by atoms with E-state index in [0.29, 0.717) is 5.75 Å². The van der Waals surface area contributed by atoms with E-state index in [2.05, 4.69) is 4.74 Å². The zero-order valence-electron chi connectivity index (χ0n) is 7.70. The van der Waals surface area contributed by atoms with E-state index < -0.39 is 5.97 Å². The molecule has 76 valence electrons. The molecular weight excluding hydrogens is 208 g/mol. The van der Waals surface area contributed by atoms with Crippen molar-refractivity contribution in [1.29, 1.82) is 0 Å². The van der Waals surface area contributed by atoms with Crippen LogP contribution in [0, 0.1) is 0 Å². The molecule has 0 aliphatic carbocycles. The number of hydrogen-bond donors (Lipinski definition) is 1. The van der Waals surface area contributed by atoms with Gasteiger partial charge in [0.25, 0.3) is 0 Å². The molecular formula is C9H9ClO4. The van der Waals surface area contributed by atoms with Gasteiger partial charge in [0, 0.05) is 6.07 Å². The van der Waals surface area contributed by atoms with E-state index in [1.54, 1.807) is 0 Å². The first kappa shape index (κ1) is 10.7. The van der Waals surface area contributed by atoms with E-state index in [4.69, 9.17) is 16.3 Å². The highest BCUT2D eigenvalue weighted by molar-refractivity contribution is 6.32. The summed E-state index contributed by atoms with van der Waals surface area (Å²) in [5.74, 6) is -0.587. The third kappa shape index (κ3) is 1.90. The van der Waals surface area contributed by atoms with Crippen molar-refractivity contribution >= 4 is 17.6 Å². The summed E-state index contributed by atoms with van der Waals surface area (Å²) in [5, 5.41) is 9.48. The Morgan fingerprint density at radius 3 is 2.57 bits per heavy atom. The summed E-state index contributed by atoms with van der Waals surface area (Å²) in [5.41, 5.74) is -0.0168. The molecule has 0 fully saturated rings. The van der Waals surface area contributed by atoms with Crippen molar-refractivity contribution in [3.05, 3.63) is 22.7 Å². The van der Waals surface area contributed by atoms with Crippen LogP contribution in [0.3, 0.4) is 0 Å². The minimum absolute atomic E-state index is 0.0168. The molecule has 14 heavy (non-hydrogen) atoms. The van der Waals surface area contributed by atoms with Gasteiger partial charge in [-0.15, -0.1) is 0 Å². The molecule has 0 heterocycles. The second kappa shape index (κ2) is 4.19. The molecule has 5 heteroatoms. The molecule has 0 atom stereocenters. The van der Waals surface area contributed by atoms with Crippen LogP contribution in [0.15, 0.2) is 12.1 Å². The molecule has 0 aliphatic heterocycles. The highest BCUT2D eigenvalue weighted by Gasteiger charge is 2.16. The van der Waals surface area contributed by atoms with Gasteiger partial charge in [-0.3, -0.25) is 0 Å². The minimum Gasteiger partial charge on any atom is -0.505 e. The van der Waals surface area contributed by atoms with Gasteiger partial charge in [-0.05, 0) is 6.07 Å². The van der Waals surface area contributed by atoms with Crippen molar-refractivity contribution in [2.75, 3.05) is 14.2 Å². The Balaban J connectivity index is 3.27. The van der Waals surface area contributed by atoms with Crippen molar-refractivity contribution in [2.45, 2.75) is 0 Å². The zero-order chi connectivity index (χ0) is 10.7. The predicted molar refractivity (Wildman–Crippen MR) is 51.0 cm³/mol. The number of methoxy groups -OCH3 is 2. The SMILES string of the molecule is COC(=O)c1cc(OC)cc(Cl)c1O. The molecule has 0 unspecified atom stereocenters. The Kier molecular flexibility index (Phi) is 3.19. The van der Waals surface area contributed by atoms with Crippen LogP contribution in [0.4, 0.5) is 0 Å². The lowest BCUT2D eigenvalue weighted by molar-refractivity contribution is 0.0597. The molecule has 1 N–H and O–H groups in total. The van der Waals surface area contributed by atoms with Crippen LogP contribution < -0.4 is 4.74 Å². The number of phenolic OH excluding ortho intramolecular Hbond substituents is 1. The van der Waals surface area contributed by atoms with Gasteiger partial charge in [-0.1, -0.05) is 11.6 Å². The lowest BCUT2D eigenvalue weighted by Gasteiger charge is -2.07. The first-order valence-electron chi connectivity index (χ1n) is 3.75.